The molecule has 3 nitrogen and oxygen atoms in total. The van der Waals surface area contributed by atoms with Crippen molar-refractivity contribution in [3.05, 3.63) is 52.3 Å². The van der Waals surface area contributed by atoms with Gasteiger partial charge in [-0.25, -0.2) is 0 Å². The summed E-state index contributed by atoms with van der Waals surface area (Å²) < 4.78 is 2.99. The highest BCUT2D eigenvalue weighted by molar-refractivity contribution is 9.10. The first-order valence-electron chi connectivity index (χ1n) is 7.15. The van der Waals surface area contributed by atoms with Crippen LogP contribution in [0.2, 0.25) is 0 Å². The Kier molecular flexibility index (Phi) is 5.80. The average molecular weight is 336 g/mol. The Balaban J connectivity index is 2.01. The smallest absolute Gasteiger partial charge is 0.0521 e. The fraction of sp³-hybridized carbons (Fsp3) is 0.438. The summed E-state index contributed by atoms with van der Waals surface area (Å²) in [6.45, 7) is 3.25. The molecular formula is C16H22BrN3. The zero-order chi connectivity index (χ0) is 14.4. The molecule has 1 atom stereocenters. The molecular weight excluding hydrogens is 314 g/mol. The molecule has 1 aromatic heterocycles. The summed E-state index contributed by atoms with van der Waals surface area (Å²) in [5.74, 6) is 0. The van der Waals surface area contributed by atoms with Gasteiger partial charge in [-0.3, -0.25) is 4.68 Å². The molecule has 1 aromatic carbocycles. The van der Waals surface area contributed by atoms with E-state index in [0.29, 0.717) is 6.04 Å². The van der Waals surface area contributed by atoms with E-state index < -0.39 is 0 Å². The van der Waals surface area contributed by atoms with Crippen LogP contribution >= 0.6 is 15.9 Å². The van der Waals surface area contributed by atoms with Crippen LogP contribution in [-0.4, -0.2) is 16.3 Å². The van der Waals surface area contributed by atoms with Gasteiger partial charge in [0.1, 0.15) is 0 Å². The second kappa shape index (κ2) is 7.60. The zero-order valence-corrected chi connectivity index (χ0v) is 13.7. The number of aromatic nitrogens is 2. The Morgan fingerprint density at radius 2 is 2.05 bits per heavy atom. The van der Waals surface area contributed by atoms with E-state index in [2.05, 4.69) is 63.7 Å². The number of hydrogen-bond acceptors (Lipinski definition) is 2. The van der Waals surface area contributed by atoms with Crippen molar-refractivity contribution in [1.29, 1.82) is 0 Å². The molecule has 0 aliphatic carbocycles. The summed E-state index contributed by atoms with van der Waals surface area (Å²) in [7, 11) is 1.96. The number of hydrogen-bond donors (Lipinski definition) is 1. The molecule has 0 saturated heterocycles. The summed E-state index contributed by atoms with van der Waals surface area (Å²) in [6.07, 6.45) is 7.34. The number of benzene rings is 1. The molecule has 0 aliphatic rings. The van der Waals surface area contributed by atoms with Crippen LogP contribution in [-0.2, 0) is 13.5 Å². The van der Waals surface area contributed by atoms with Crippen molar-refractivity contribution >= 4 is 15.9 Å². The van der Waals surface area contributed by atoms with Crippen LogP contribution in [0.5, 0.6) is 0 Å². The lowest BCUT2D eigenvalue weighted by Crippen LogP contribution is -2.22. The number of nitrogens with one attached hydrogen (secondary N) is 1. The minimum atomic E-state index is 0.406. The molecule has 2 aromatic rings. The molecule has 0 radical (unpaired) electrons. The van der Waals surface area contributed by atoms with Gasteiger partial charge in [-0.2, -0.15) is 5.10 Å². The monoisotopic (exact) mass is 335 g/mol. The third kappa shape index (κ3) is 4.46. The van der Waals surface area contributed by atoms with Crippen molar-refractivity contribution < 1.29 is 0 Å². The van der Waals surface area contributed by atoms with Crippen LogP contribution in [0.4, 0.5) is 0 Å². The van der Waals surface area contributed by atoms with Gasteiger partial charge in [0.15, 0.2) is 0 Å². The van der Waals surface area contributed by atoms with Crippen molar-refractivity contribution in [2.24, 2.45) is 7.05 Å². The molecule has 0 saturated carbocycles. The lowest BCUT2D eigenvalue weighted by Gasteiger charge is -2.19. The van der Waals surface area contributed by atoms with Crippen LogP contribution in [0.25, 0.3) is 0 Å². The van der Waals surface area contributed by atoms with Crippen molar-refractivity contribution in [3.8, 4) is 0 Å². The quantitative estimate of drug-likeness (QED) is 0.832. The number of aryl methyl sites for hydroxylation is 2. The molecule has 0 spiro atoms. The van der Waals surface area contributed by atoms with Gasteiger partial charge in [-0.05, 0) is 49.1 Å². The summed E-state index contributed by atoms with van der Waals surface area (Å²) in [6, 6.07) is 9.02. The van der Waals surface area contributed by atoms with Crippen molar-refractivity contribution in [2.45, 2.75) is 32.2 Å². The summed E-state index contributed by atoms with van der Waals surface area (Å²) in [4.78, 5) is 0. The molecule has 1 heterocycles. The lowest BCUT2D eigenvalue weighted by atomic mass is 10.00. The van der Waals surface area contributed by atoms with Gasteiger partial charge in [0.05, 0.1) is 6.20 Å². The minimum absolute atomic E-state index is 0.406. The molecule has 2 rings (SSSR count). The number of halogens is 1. The van der Waals surface area contributed by atoms with Crippen LogP contribution < -0.4 is 5.32 Å². The van der Waals surface area contributed by atoms with Crippen molar-refractivity contribution in [1.82, 2.24) is 15.1 Å². The predicted molar refractivity (Wildman–Crippen MR) is 86.7 cm³/mol. The van der Waals surface area contributed by atoms with Gasteiger partial charge >= 0.3 is 0 Å². The lowest BCUT2D eigenvalue weighted by molar-refractivity contribution is 0.499. The zero-order valence-electron chi connectivity index (χ0n) is 12.1. The summed E-state index contributed by atoms with van der Waals surface area (Å²) in [5.41, 5.74) is 2.65. The van der Waals surface area contributed by atoms with Crippen LogP contribution in [0.3, 0.4) is 0 Å². The van der Waals surface area contributed by atoms with Crippen molar-refractivity contribution in [3.63, 3.8) is 0 Å². The van der Waals surface area contributed by atoms with E-state index in [1.807, 2.05) is 17.9 Å². The molecule has 0 bridgehead atoms. The highest BCUT2D eigenvalue weighted by atomic mass is 79.9. The highest BCUT2D eigenvalue weighted by Crippen LogP contribution is 2.21. The van der Waals surface area contributed by atoms with Crippen LogP contribution in [0.15, 0.2) is 41.1 Å². The van der Waals surface area contributed by atoms with Crippen LogP contribution in [0.1, 0.15) is 36.9 Å². The molecule has 4 heteroatoms. The van der Waals surface area contributed by atoms with Crippen molar-refractivity contribution in [2.75, 3.05) is 6.54 Å². The third-order valence-electron chi connectivity index (χ3n) is 3.39. The Labute approximate surface area is 129 Å². The van der Waals surface area contributed by atoms with E-state index in [4.69, 9.17) is 0 Å². The molecule has 0 aliphatic heterocycles. The Morgan fingerprint density at radius 1 is 1.30 bits per heavy atom. The average Bonchev–Trinajstić information content (AvgIpc) is 2.86. The number of rotatable bonds is 7. The van der Waals surface area contributed by atoms with E-state index in [-0.39, 0.29) is 0 Å². The SMILES string of the molecule is CCCNC(CCc1cnn(C)c1)c1ccc(Br)cc1. The fourth-order valence-corrected chi connectivity index (χ4v) is 2.58. The largest absolute Gasteiger partial charge is 0.310 e. The Morgan fingerprint density at radius 3 is 2.65 bits per heavy atom. The molecule has 1 N–H and O–H groups in total. The number of nitrogens with zero attached hydrogens (tertiary/aromatic N) is 2. The fourth-order valence-electron chi connectivity index (χ4n) is 2.31. The summed E-state index contributed by atoms with van der Waals surface area (Å²) >= 11 is 3.49. The molecule has 0 fully saturated rings. The molecule has 108 valence electrons. The molecule has 20 heavy (non-hydrogen) atoms. The van der Waals surface area contributed by atoms with E-state index in [1.54, 1.807) is 0 Å². The highest BCUT2D eigenvalue weighted by Gasteiger charge is 2.11. The van der Waals surface area contributed by atoms with Gasteiger partial charge < -0.3 is 5.32 Å². The van der Waals surface area contributed by atoms with E-state index >= 15 is 0 Å². The summed E-state index contributed by atoms with van der Waals surface area (Å²) in [5, 5.41) is 7.87. The van der Waals surface area contributed by atoms with E-state index in [0.717, 1.165) is 30.3 Å². The normalized spacial score (nSPS) is 12.6. The standard InChI is InChI=1S/C16H22BrN3/c1-3-10-18-16(14-5-7-15(17)8-6-14)9-4-13-11-19-20(2)12-13/h5-8,11-12,16,18H,3-4,9-10H2,1-2H3. The third-order valence-corrected chi connectivity index (χ3v) is 3.92. The predicted octanol–water partition coefficient (Wildman–Crippen LogP) is 3.86. The second-order valence-electron chi connectivity index (χ2n) is 5.12. The maximum atomic E-state index is 4.23. The van der Waals surface area contributed by atoms with E-state index in [9.17, 15) is 0 Å². The maximum absolute atomic E-state index is 4.23. The van der Waals surface area contributed by atoms with E-state index in [1.165, 1.54) is 11.1 Å². The first-order chi connectivity index (χ1) is 9.69. The van der Waals surface area contributed by atoms with Gasteiger partial charge in [0.25, 0.3) is 0 Å². The van der Waals surface area contributed by atoms with Gasteiger partial charge in [0, 0.05) is 23.8 Å². The molecule has 1 unspecified atom stereocenters. The Hall–Kier alpha value is -1.13. The minimum Gasteiger partial charge on any atom is -0.310 e. The van der Waals surface area contributed by atoms with Gasteiger partial charge in [0.2, 0.25) is 0 Å². The first kappa shape index (κ1) is 15.3. The maximum Gasteiger partial charge on any atom is 0.0521 e. The Bertz CT molecular complexity index is 519. The topological polar surface area (TPSA) is 29.9 Å². The first-order valence-corrected chi connectivity index (χ1v) is 7.94. The van der Waals surface area contributed by atoms with Gasteiger partial charge in [-0.15, -0.1) is 0 Å². The second-order valence-corrected chi connectivity index (χ2v) is 6.03. The van der Waals surface area contributed by atoms with Crippen LogP contribution in [0, 0.1) is 0 Å². The molecule has 0 amide bonds. The van der Waals surface area contributed by atoms with Gasteiger partial charge in [-0.1, -0.05) is 35.0 Å².